The molecule has 20 heavy (non-hydrogen) atoms. The van der Waals surface area contributed by atoms with E-state index in [1.165, 1.54) is 5.56 Å². The van der Waals surface area contributed by atoms with Gasteiger partial charge in [-0.1, -0.05) is 0 Å². The fraction of sp³-hybridized carbons (Fsp3) is 0.286. The maximum Gasteiger partial charge on any atom is 0.137 e. The highest BCUT2D eigenvalue weighted by Crippen LogP contribution is 2.17. The van der Waals surface area contributed by atoms with Crippen molar-refractivity contribution in [2.24, 2.45) is 0 Å². The van der Waals surface area contributed by atoms with Crippen LogP contribution in [0.3, 0.4) is 0 Å². The van der Waals surface area contributed by atoms with Crippen LogP contribution in [0, 0.1) is 0 Å². The van der Waals surface area contributed by atoms with Gasteiger partial charge in [-0.15, -0.1) is 0 Å². The van der Waals surface area contributed by atoms with E-state index in [0.717, 1.165) is 29.8 Å². The van der Waals surface area contributed by atoms with Crippen molar-refractivity contribution in [3.8, 4) is 0 Å². The Bertz CT molecular complexity index is 688. The zero-order valence-electron chi connectivity index (χ0n) is 11.3. The molecular weight excluding hydrogens is 254 g/mol. The summed E-state index contributed by atoms with van der Waals surface area (Å²) in [4.78, 5) is 7.45. The molecule has 0 aliphatic rings. The van der Waals surface area contributed by atoms with Crippen LogP contribution in [0.2, 0.25) is 0 Å². The minimum atomic E-state index is 0.662. The lowest BCUT2D eigenvalue weighted by Crippen LogP contribution is -2.04. The SMILES string of the molecule is COCCn1cc(NCc2c[nH]c3ncccc23)cn1. The summed E-state index contributed by atoms with van der Waals surface area (Å²) in [5.74, 6) is 0. The Kier molecular flexibility index (Phi) is 3.64. The molecule has 6 heteroatoms. The number of pyridine rings is 1. The summed E-state index contributed by atoms with van der Waals surface area (Å²) in [6, 6.07) is 4.01. The molecule has 0 fully saturated rings. The molecule has 0 amide bonds. The minimum Gasteiger partial charge on any atom is -0.383 e. The number of methoxy groups -OCH3 is 1. The first kappa shape index (κ1) is 12.7. The topological polar surface area (TPSA) is 67.8 Å². The number of ether oxygens (including phenoxy) is 1. The minimum absolute atomic E-state index is 0.662. The number of fused-ring (bicyclic) bond motifs is 1. The first-order valence-electron chi connectivity index (χ1n) is 6.53. The highest BCUT2D eigenvalue weighted by molar-refractivity contribution is 5.79. The molecule has 3 rings (SSSR count). The average Bonchev–Trinajstić information content (AvgIpc) is 3.10. The fourth-order valence-electron chi connectivity index (χ4n) is 2.12. The standard InChI is InChI=1S/C14H17N5O/c1-20-6-5-19-10-12(9-18-19)16-7-11-8-17-14-13(11)3-2-4-15-14/h2-4,8-10,16H,5-7H2,1H3,(H,15,17). The van der Waals surface area contributed by atoms with Crippen LogP contribution in [0.15, 0.2) is 36.9 Å². The summed E-state index contributed by atoms with van der Waals surface area (Å²) >= 11 is 0. The molecule has 0 saturated carbocycles. The van der Waals surface area contributed by atoms with Crippen LogP contribution in [-0.2, 0) is 17.8 Å². The lowest BCUT2D eigenvalue weighted by Gasteiger charge is -2.02. The first-order chi connectivity index (χ1) is 9.86. The van der Waals surface area contributed by atoms with Crippen molar-refractivity contribution >= 4 is 16.7 Å². The summed E-state index contributed by atoms with van der Waals surface area (Å²) in [7, 11) is 1.69. The molecule has 3 aromatic rings. The van der Waals surface area contributed by atoms with Gasteiger partial charge in [0, 0.05) is 37.6 Å². The molecule has 0 aliphatic carbocycles. The predicted molar refractivity (Wildman–Crippen MR) is 77.5 cm³/mol. The van der Waals surface area contributed by atoms with Gasteiger partial charge in [0.1, 0.15) is 5.65 Å². The molecule has 2 N–H and O–H groups in total. The van der Waals surface area contributed by atoms with Crippen LogP contribution >= 0.6 is 0 Å². The van der Waals surface area contributed by atoms with Crippen LogP contribution in [0.5, 0.6) is 0 Å². The number of hydrogen-bond acceptors (Lipinski definition) is 4. The molecule has 0 bridgehead atoms. The average molecular weight is 271 g/mol. The maximum atomic E-state index is 5.03. The number of aromatic amines is 1. The summed E-state index contributed by atoms with van der Waals surface area (Å²) < 4.78 is 6.89. The molecule has 0 saturated heterocycles. The van der Waals surface area contributed by atoms with Gasteiger partial charge in [0.2, 0.25) is 0 Å². The molecule has 0 atom stereocenters. The second kappa shape index (κ2) is 5.75. The Morgan fingerprint density at radius 3 is 3.30 bits per heavy atom. The summed E-state index contributed by atoms with van der Waals surface area (Å²) in [6.45, 7) is 2.16. The van der Waals surface area contributed by atoms with E-state index in [2.05, 4.69) is 26.4 Å². The van der Waals surface area contributed by atoms with E-state index in [-0.39, 0.29) is 0 Å². The first-order valence-corrected chi connectivity index (χ1v) is 6.53. The molecule has 0 aliphatic heterocycles. The number of anilines is 1. The molecule has 3 heterocycles. The summed E-state index contributed by atoms with van der Waals surface area (Å²) in [5.41, 5.74) is 3.11. The van der Waals surface area contributed by atoms with Crippen molar-refractivity contribution in [1.29, 1.82) is 0 Å². The Morgan fingerprint density at radius 1 is 1.45 bits per heavy atom. The lowest BCUT2D eigenvalue weighted by atomic mass is 10.2. The van der Waals surface area contributed by atoms with Crippen molar-refractivity contribution in [2.45, 2.75) is 13.1 Å². The van der Waals surface area contributed by atoms with E-state index in [9.17, 15) is 0 Å². The lowest BCUT2D eigenvalue weighted by molar-refractivity contribution is 0.183. The van der Waals surface area contributed by atoms with E-state index < -0.39 is 0 Å². The summed E-state index contributed by atoms with van der Waals surface area (Å²) in [6.07, 6.45) is 7.57. The molecule has 3 aromatic heterocycles. The second-order valence-electron chi connectivity index (χ2n) is 4.55. The van der Waals surface area contributed by atoms with Gasteiger partial charge in [0.15, 0.2) is 0 Å². The number of nitrogens with zero attached hydrogens (tertiary/aromatic N) is 3. The normalized spacial score (nSPS) is 11.1. The van der Waals surface area contributed by atoms with Crippen molar-refractivity contribution in [1.82, 2.24) is 19.7 Å². The van der Waals surface area contributed by atoms with Crippen LogP contribution in [0.4, 0.5) is 5.69 Å². The monoisotopic (exact) mass is 271 g/mol. The number of hydrogen-bond donors (Lipinski definition) is 2. The molecule has 0 spiro atoms. The molecule has 6 nitrogen and oxygen atoms in total. The summed E-state index contributed by atoms with van der Waals surface area (Å²) in [5, 5.41) is 8.78. The van der Waals surface area contributed by atoms with E-state index in [1.807, 2.05) is 29.3 Å². The fourth-order valence-corrected chi connectivity index (χ4v) is 2.12. The van der Waals surface area contributed by atoms with Gasteiger partial charge >= 0.3 is 0 Å². The maximum absolute atomic E-state index is 5.03. The van der Waals surface area contributed by atoms with Gasteiger partial charge in [-0.2, -0.15) is 5.10 Å². The molecule has 0 aromatic carbocycles. The highest BCUT2D eigenvalue weighted by atomic mass is 16.5. The molecule has 104 valence electrons. The van der Waals surface area contributed by atoms with E-state index in [4.69, 9.17) is 4.74 Å². The number of nitrogens with one attached hydrogen (secondary N) is 2. The van der Waals surface area contributed by atoms with Crippen molar-refractivity contribution in [3.05, 3.63) is 42.5 Å². The Balaban J connectivity index is 1.65. The van der Waals surface area contributed by atoms with Crippen molar-refractivity contribution < 1.29 is 4.74 Å². The number of rotatable bonds is 6. The second-order valence-corrected chi connectivity index (χ2v) is 4.55. The Hall–Kier alpha value is -2.34. The third kappa shape index (κ3) is 2.65. The van der Waals surface area contributed by atoms with Gasteiger partial charge in [0.25, 0.3) is 0 Å². The van der Waals surface area contributed by atoms with Gasteiger partial charge in [0.05, 0.1) is 25.0 Å². The van der Waals surface area contributed by atoms with Crippen molar-refractivity contribution in [2.75, 3.05) is 19.0 Å². The Morgan fingerprint density at radius 2 is 2.40 bits per heavy atom. The molecule has 0 radical (unpaired) electrons. The van der Waals surface area contributed by atoms with Crippen molar-refractivity contribution in [3.63, 3.8) is 0 Å². The predicted octanol–water partition coefficient (Wildman–Crippen LogP) is 2.02. The van der Waals surface area contributed by atoms with E-state index >= 15 is 0 Å². The molecular formula is C14H17N5O. The van der Waals surface area contributed by atoms with Crippen LogP contribution in [-0.4, -0.2) is 33.5 Å². The van der Waals surface area contributed by atoms with Gasteiger partial charge in [-0.25, -0.2) is 4.98 Å². The Labute approximate surface area is 116 Å². The third-order valence-corrected chi connectivity index (χ3v) is 3.18. The molecule has 0 unspecified atom stereocenters. The zero-order valence-corrected chi connectivity index (χ0v) is 11.3. The number of aromatic nitrogens is 4. The highest BCUT2D eigenvalue weighted by Gasteiger charge is 2.04. The van der Waals surface area contributed by atoms with Crippen LogP contribution < -0.4 is 5.32 Å². The van der Waals surface area contributed by atoms with Gasteiger partial charge in [-0.05, 0) is 17.7 Å². The smallest absolute Gasteiger partial charge is 0.137 e. The van der Waals surface area contributed by atoms with Crippen LogP contribution in [0.1, 0.15) is 5.56 Å². The van der Waals surface area contributed by atoms with Gasteiger partial charge in [-0.3, -0.25) is 4.68 Å². The third-order valence-electron chi connectivity index (χ3n) is 3.18. The van der Waals surface area contributed by atoms with E-state index in [0.29, 0.717) is 6.61 Å². The largest absolute Gasteiger partial charge is 0.383 e. The quantitative estimate of drug-likeness (QED) is 0.719. The van der Waals surface area contributed by atoms with Crippen LogP contribution in [0.25, 0.3) is 11.0 Å². The van der Waals surface area contributed by atoms with Gasteiger partial charge < -0.3 is 15.0 Å². The number of H-pyrrole nitrogens is 1. The van der Waals surface area contributed by atoms with E-state index in [1.54, 1.807) is 13.3 Å². The zero-order chi connectivity index (χ0) is 13.8.